The average Bonchev–Trinajstić information content (AvgIpc) is 2.85. The molecule has 100 valence electrons. The van der Waals surface area contributed by atoms with E-state index in [9.17, 15) is 0 Å². The topological polar surface area (TPSA) is 64.7 Å². The Morgan fingerprint density at radius 2 is 2.11 bits per heavy atom. The van der Waals surface area contributed by atoms with E-state index in [1.165, 1.54) is 0 Å². The number of thioether (sulfide) groups is 1. The molecule has 1 heterocycles. The van der Waals surface area contributed by atoms with Crippen LogP contribution in [-0.2, 0) is 0 Å². The molecule has 0 amide bonds. The first-order valence-electron chi connectivity index (χ1n) is 6.04. The van der Waals surface area contributed by atoms with Crippen molar-refractivity contribution in [3.05, 3.63) is 23.8 Å². The Morgan fingerprint density at radius 3 is 2.89 bits per heavy atom. The molecule has 0 spiro atoms. The zero-order valence-electron chi connectivity index (χ0n) is 10.5. The minimum Gasteiger partial charge on any atom is -0.454 e. The van der Waals surface area contributed by atoms with E-state index in [4.69, 9.17) is 20.3 Å². The van der Waals surface area contributed by atoms with Crippen LogP contribution in [0.1, 0.15) is 18.5 Å². The number of hydrogen-bond acceptors (Lipinski definition) is 5. The van der Waals surface area contributed by atoms with E-state index in [-0.39, 0.29) is 19.4 Å². The van der Waals surface area contributed by atoms with Crippen LogP contribution in [0.2, 0.25) is 0 Å². The monoisotopic (exact) mass is 269 g/mol. The third kappa shape index (κ3) is 3.31. The summed E-state index contributed by atoms with van der Waals surface area (Å²) < 4.78 is 10.6. The number of aliphatic hydroxyl groups is 1. The van der Waals surface area contributed by atoms with Crippen molar-refractivity contribution in [1.29, 1.82) is 0 Å². The van der Waals surface area contributed by atoms with Crippen LogP contribution < -0.4 is 15.2 Å². The summed E-state index contributed by atoms with van der Waals surface area (Å²) in [6.07, 6.45) is 0. The van der Waals surface area contributed by atoms with Gasteiger partial charge < -0.3 is 20.3 Å². The van der Waals surface area contributed by atoms with Gasteiger partial charge in [-0.2, -0.15) is 11.8 Å². The van der Waals surface area contributed by atoms with Gasteiger partial charge in [-0.15, -0.1) is 0 Å². The molecular formula is C13H19NO3S. The van der Waals surface area contributed by atoms with E-state index in [1.54, 1.807) is 11.8 Å². The fraction of sp³-hybridized carbons (Fsp3) is 0.538. The van der Waals surface area contributed by atoms with Crippen LogP contribution >= 0.6 is 11.8 Å². The normalized spacial score (nSPS) is 16.6. The number of hydrogen-bond donors (Lipinski definition) is 2. The molecule has 0 aliphatic carbocycles. The SMILES string of the molecule is CC(CO)CSCC(N)c1ccc2c(c1)OCO2. The van der Waals surface area contributed by atoms with Crippen molar-refractivity contribution in [2.45, 2.75) is 13.0 Å². The Morgan fingerprint density at radius 1 is 1.33 bits per heavy atom. The molecule has 0 saturated carbocycles. The van der Waals surface area contributed by atoms with Gasteiger partial charge in [-0.3, -0.25) is 0 Å². The van der Waals surface area contributed by atoms with Crippen molar-refractivity contribution in [3.8, 4) is 11.5 Å². The molecule has 2 unspecified atom stereocenters. The third-order valence-corrected chi connectivity index (χ3v) is 4.24. The highest BCUT2D eigenvalue weighted by Gasteiger charge is 2.16. The number of fused-ring (bicyclic) bond motifs is 1. The third-order valence-electron chi connectivity index (χ3n) is 2.84. The van der Waals surface area contributed by atoms with Gasteiger partial charge in [0.2, 0.25) is 6.79 Å². The molecule has 1 aromatic carbocycles. The Kier molecular flexibility index (Phi) is 4.74. The van der Waals surface area contributed by atoms with Gasteiger partial charge in [0, 0.05) is 18.4 Å². The van der Waals surface area contributed by atoms with Crippen LogP contribution in [-0.4, -0.2) is 30.0 Å². The van der Waals surface area contributed by atoms with E-state index < -0.39 is 0 Å². The standard InChI is InChI=1S/C13H19NO3S/c1-9(5-15)6-18-7-11(14)10-2-3-12-13(4-10)17-8-16-12/h2-4,9,11,15H,5-8,14H2,1H3. The Balaban J connectivity index is 1.87. The number of aliphatic hydroxyl groups excluding tert-OH is 1. The average molecular weight is 269 g/mol. The van der Waals surface area contributed by atoms with Gasteiger partial charge >= 0.3 is 0 Å². The second-order valence-electron chi connectivity index (χ2n) is 4.54. The minimum absolute atomic E-state index is 0.0182. The lowest BCUT2D eigenvalue weighted by Gasteiger charge is -2.13. The first kappa shape index (κ1) is 13.5. The van der Waals surface area contributed by atoms with Gasteiger partial charge in [-0.05, 0) is 29.4 Å². The van der Waals surface area contributed by atoms with Crippen molar-refractivity contribution in [2.75, 3.05) is 24.9 Å². The zero-order chi connectivity index (χ0) is 13.0. The molecule has 0 radical (unpaired) electrons. The minimum atomic E-state index is -0.0182. The molecule has 0 fully saturated rings. The second-order valence-corrected chi connectivity index (χ2v) is 5.62. The molecule has 1 aliphatic rings. The van der Waals surface area contributed by atoms with E-state index in [1.807, 2.05) is 25.1 Å². The number of rotatable bonds is 6. The van der Waals surface area contributed by atoms with Gasteiger partial charge in [0.25, 0.3) is 0 Å². The van der Waals surface area contributed by atoms with Crippen molar-refractivity contribution in [2.24, 2.45) is 11.7 Å². The Hall–Kier alpha value is -0.910. The predicted octanol–water partition coefficient (Wildman–Crippen LogP) is 1.78. The van der Waals surface area contributed by atoms with E-state index in [0.29, 0.717) is 5.92 Å². The molecule has 3 N–H and O–H groups in total. The molecule has 1 aromatic rings. The lowest BCUT2D eigenvalue weighted by atomic mass is 10.1. The Bertz CT molecular complexity index is 400. The molecule has 0 saturated heterocycles. The molecule has 2 atom stereocenters. The van der Waals surface area contributed by atoms with E-state index >= 15 is 0 Å². The highest BCUT2D eigenvalue weighted by molar-refractivity contribution is 7.99. The summed E-state index contributed by atoms with van der Waals surface area (Å²) in [5.41, 5.74) is 7.20. The number of benzene rings is 1. The van der Waals surface area contributed by atoms with Crippen molar-refractivity contribution in [1.82, 2.24) is 0 Å². The summed E-state index contributed by atoms with van der Waals surface area (Å²) in [5.74, 6) is 3.64. The van der Waals surface area contributed by atoms with Crippen LogP contribution in [0.15, 0.2) is 18.2 Å². The first-order chi connectivity index (χ1) is 8.70. The van der Waals surface area contributed by atoms with Gasteiger partial charge in [-0.1, -0.05) is 13.0 Å². The van der Waals surface area contributed by atoms with Crippen molar-refractivity contribution >= 4 is 11.8 Å². The lowest BCUT2D eigenvalue weighted by Crippen LogP contribution is -2.14. The summed E-state index contributed by atoms with van der Waals surface area (Å²) >= 11 is 1.77. The highest BCUT2D eigenvalue weighted by Crippen LogP contribution is 2.34. The van der Waals surface area contributed by atoms with Gasteiger partial charge in [-0.25, -0.2) is 0 Å². The first-order valence-corrected chi connectivity index (χ1v) is 7.20. The van der Waals surface area contributed by atoms with Crippen molar-refractivity contribution < 1.29 is 14.6 Å². The van der Waals surface area contributed by atoms with Crippen LogP contribution in [0.5, 0.6) is 11.5 Å². The Labute approximate surface area is 111 Å². The molecule has 2 rings (SSSR count). The molecule has 0 aromatic heterocycles. The zero-order valence-corrected chi connectivity index (χ0v) is 11.3. The fourth-order valence-corrected chi connectivity index (χ4v) is 2.78. The molecule has 18 heavy (non-hydrogen) atoms. The van der Waals surface area contributed by atoms with Crippen LogP contribution in [0.3, 0.4) is 0 Å². The van der Waals surface area contributed by atoms with Crippen molar-refractivity contribution in [3.63, 3.8) is 0 Å². The maximum Gasteiger partial charge on any atom is 0.231 e. The summed E-state index contributed by atoms with van der Waals surface area (Å²) in [5, 5.41) is 8.95. The molecule has 0 bridgehead atoms. The fourth-order valence-electron chi connectivity index (χ4n) is 1.69. The summed E-state index contributed by atoms with van der Waals surface area (Å²) in [6, 6.07) is 5.81. The van der Waals surface area contributed by atoms with Crippen LogP contribution in [0, 0.1) is 5.92 Å². The molecular weight excluding hydrogens is 250 g/mol. The smallest absolute Gasteiger partial charge is 0.231 e. The molecule has 5 heteroatoms. The number of ether oxygens (including phenoxy) is 2. The maximum absolute atomic E-state index is 8.95. The van der Waals surface area contributed by atoms with Gasteiger partial charge in [0.05, 0.1) is 0 Å². The number of nitrogens with two attached hydrogens (primary N) is 1. The molecule has 1 aliphatic heterocycles. The highest BCUT2D eigenvalue weighted by atomic mass is 32.2. The van der Waals surface area contributed by atoms with Gasteiger partial charge in [0.1, 0.15) is 0 Å². The van der Waals surface area contributed by atoms with Crippen LogP contribution in [0.25, 0.3) is 0 Å². The summed E-state index contributed by atoms with van der Waals surface area (Å²) in [7, 11) is 0. The largest absolute Gasteiger partial charge is 0.454 e. The quantitative estimate of drug-likeness (QED) is 0.824. The molecule has 4 nitrogen and oxygen atoms in total. The maximum atomic E-state index is 8.95. The summed E-state index contributed by atoms with van der Waals surface area (Å²) in [6.45, 7) is 2.54. The van der Waals surface area contributed by atoms with E-state index in [0.717, 1.165) is 28.6 Å². The predicted molar refractivity (Wildman–Crippen MR) is 73.1 cm³/mol. The van der Waals surface area contributed by atoms with E-state index in [2.05, 4.69) is 0 Å². The lowest BCUT2D eigenvalue weighted by molar-refractivity contribution is 0.174. The second kappa shape index (κ2) is 6.31. The van der Waals surface area contributed by atoms with Crippen LogP contribution in [0.4, 0.5) is 0 Å². The summed E-state index contributed by atoms with van der Waals surface area (Å²) in [4.78, 5) is 0. The van der Waals surface area contributed by atoms with Gasteiger partial charge in [0.15, 0.2) is 11.5 Å².